The van der Waals surface area contributed by atoms with Gasteiger partial charge in [-0.1, -0.05) is 48.0 Å². The molecule has 3 heteroatoms. The van der Waals surface area contributed by atoms with Gasteiger partial charge in [-0.25, -0.2) is 4.99 Å². The van der Waals surface area contributed by atoms with Crippen molar-refractivity contribution in [1.29, 1.82) is 0 Å². The molecule has 0 bridgehead atoms. The number of carbonyl (C=O) groups is 1. The van der Waals surface area contributed by atoms with Crippen molar-refractivity contribution in [2.75, 3.05) is 0 Å². The molecule has 0 saturated carbocycles. The number of hydrogen-bond acceptors (Lipinski definition) is 2. The van der Waals surface area contributed by atoms with E-state index in [-0.39, 0.29) is 5.91 Å². The molecule has 0 spiro atoms. The van der Waals surface area contributed by atoms with E-state index in [4.69, 9.17) is 0 Å². The predicted molar refractivity (Wildman–Crippen MR) is 94.4 cm³/mol. The summed E-state index contributed by atoms with van der Waals surface area (Å²) < 4.78 is 0. The van der Waals surface area contributed by atoms with E-state index in [9.17, 15) is 4.79 Å². The molecule has 0 unspecified atom stereocenters. The van der Waals surface area contributed by atoms with Crippen LogP contribution in [0, 0.1) is 20.8 Å². The number of carbonyl (C=O) groups excluding carboxylic acids is 1. The minimum atomic E-state index is -0.129. The van der Waals surface area contributed by atoms with Crippen molar-refractivity contribution in [1.82, 2.24) is 5.32 Å². The largest absolute Gasteiger partial charge is 0.308 e. The second-order valence-electron chi connectivity index (χ2n) is 6.02. The molecular weight excluding hydrogens is 284 g/mol. The van der Waals surface area contributed by atoms with Crippen LogP contribution in [0.2, 0.25) is 0 Å². The Kier molecular flexibility index (Phi) is 4.11. The maximum atomic E-state index is 12.2. The predicted octanol–water partition coefficient (Wildman–Crippen LogP) is 3.72. The number of benzene rings is 2. The van der Waals surface area contributed by atoms with Crippen LogP contribution in [-0.4, -0.2) is 11.7 Å². The first-order valence-corrected chi connectivity index (χ1v) is 7.75. The summed E-state index contributed by atoms with van der Waals surface area (Å²) in [5.41, 5.74) is 6.24. The second-order valence-corrected chi connectivity index (χ2v) is 6.02. The van der Waals surface area contributed by atoms with Gasteiger partial charge in [-0.05, 0) is 49.1 Å². The molecule has 0 atom stereocenters. The van der Waals surface area contributed by atoms with Crippen molar-refractivity contribution in [3.8, 4) is 0 Å². The van der Waals surface area contributed by atoms with E-state index in [0.717, 1.165) is 22.3 Å². The number of rotatable bonds is 3. The summed E-state index contributed by atoms with van der Waals surface area (Å²) in [7, 11) is 0. The third-order valence-corrected chi connectivity index (χ3v) is 3.98. The zero-order valence-corrected chi connectivity index (χ0v) is 13.7. The third kappa shape index (κ3) is 3.39. The molecule has 1 aliphatic rings. The topological polar surface area (TPSA) is 41.5 Å². The molecule has 3 nitrogen and oxygen atoms in total. The summed E-state index contributed by atoms with van der Waals surface area (Å²) in [6.45, 7) is 6.21. The van der Waals surface area contributed by atoms with Crippen LogP contribution in [0.4, 0.5) is 0 Å². The Hall–Kier alpha value is -2.68. The molecular formula is C20H20N2O. The first kappa shape index (κ1) is 15.2. The van der Waals surface area contributed by atoms with Crippen LogP contribution in [0.25, 0.3) is 6.08 Å². The van der Waals surface area contributed by atoms with E-state index in [2.05, 4.69) is 43.2 Å². The van der Waals surface area contributed by atoms with Crippen molar-refractivity contribution in [3.05, 3.63) is 76.0 Å². The molecule has 116 valence electrons. The molecule has 1 amide bonds. The van der Waals surface area contributed by atoms with Gasteiger partial charge in [-0.3, -0.25) is 4.79 Å². The Bertz CT molecular complexity index is 794. The number of amidine groups is 1. The fourth-order valence-electron chi connectivity index (χ4n) is 2.95. The van der Waals surface area contributed by atoms with Gasteiger partial charge in [0.2, 0.25) is 0 Å². The lowest BCUT2D eigenvalue weighted by atomic mass is 9.99. The summed E-state index contributed by atoms with van der Waals surface area (Å²) in [5.74, 6) is 0.574. The molecule has 23 heavy (non-hydrogen) atoms. The number of aryl methyl sites for hydroxylation is 3. The molecule has 1 N–H and O–H groups in total. The number of aliphatic imine (C=N–C) groups is 1. The van der Waals surface area contributed by atoms with Gasteiger partial charge in [-0.2, -0.15) is 0 Å². The van der Waals surface area contributed by atoms with Crippen LogP contribution >= 0.6 is 0 Å². The Morgan fingerprint density at radius 3 is 2.35 bits per heavy atom. The van der Waals surface area contributed by atoms with Crippen LogP contribution in [0.1, 0.15) is 27.8 Å². The summed E-state index contributed by atoms with van der Waals surface area (Å²) in [4.78, 5) is 16.7. The summed E-state index contributed by atoms with van der Waals surface area (Å²) in [6.07, 6.45) is 2.52. The maximum Gasteiger partial charge on any atom is 0.275 e. The zero-order chi connectivity index (χ0) is 16.4. The molecule has 0 radical (unpaired) electrons. The van der Waals surface area contributed by atoms with Crippen LogP contribution < -0.4 is 5.32 Å². The van der Waals surface area contributed by atoms with E-state index in [1.807, 2.05) is 36.4 Å². The lowest BCUT2D eigenvalue weighted by molar-refractivity contribution is -0.115. The molecule has 1 heterocycles. The third-order valence-electron chi connectivity index (χ3n) is 3.98. The molecule has 0 aliphatic carbocycles. The average molecular weight is 304 g/mol. The van der Waals surface area contributed by atoms with Crippen LogP contribution in [0.15, 0.2) is 53.2 Å². The molecule has 0 aromatic heterocycles. The van der Waals surface area contributed by atoms with Gasteiger partial charge in [0.25, 0.3) is 5.91 Å². The van der Waals surface area contributed by atoms with E-state index in [0.29, 0.717) is 18.0 Å². The van der Waals surface area contributed by atoms with Crippen LogP contribution in [0.3, 0.4) is 0 Å². The summed E-state index contributed by atoms with van der Waals surface area (Å²) >= 11 is 0. The van der Waals surface area contributed by atoms with Crippen molar-refractivity contribution in [3.63, 3.8) is 0 Å². The Balaban J connectivity index is 1.90. The van der Waals surface area contributed by atoms with Gasteiger partial charge in [0.15, 0.2) is 0 Å². The number of nitrogens with one attached hydrogen (secondary N) is 1. The highest BCUT2D eigenvalue weighted by Crippen LogP contribution is 2.21. The molecule has 2 aromatic rings. The molecule has 2 aromatic carbocycles. The lowest BCUT2D eigenvalue weighted by Crippen LogP contribution is -2.25. The maximum absolute atomic E-state index is 12.2. The standard InChI is InChI=1S/C20H20N2O/c1-13-9-14(2)17(15(3)10-13)12-18-20(23)22-19(21-18)11-16-7-5-4-6-8-16/h4-10,12H,11H2,1-3H3,(H,21,22,23)/b18-12-. The van der Waals surface area contributed by atoms with E-state index >= 15 is 0 Å². The molecule has 0 fully saturated rings. The quantitative estimate of drug-likeness (QED) is 0.863. The Morgan fingerprint density at radius 2 is 1.70 bits per heavy atom. The highest BCUT2D eigenvalue weighted by molar-refractivity contribution is 6.14. The fourth-order valence-corrected chi connectivity index (χ4v) is 2.95. The number of nitrogens with zero attached hydrogens (tertiary/aromatic N) is 1. The molecule has 3 rings (SSSR count). The van der Waals surface area contributed by atoms with Crippen molar-refractivity contribution >= 4 is 17.8 Å². The lowest BCUT2D eigenvalue weighted by Gasteiger charge is -2.07. The second kappa shape index (κ2) is 6.21. The SMILES string of the molecule is Cc1cc(C)c(/C=C2\N=C(Cc3ccccc3)NC2=O)c(C)c1. The summed E-state index contributed by atoms with van der Waals surface area (Å²) in [6, 6.07) is 14.3. The number of amides is 1. The van der Waals surface area contributed by atoms with Crippen molar-refractivity contribution in [2.24, 2.45) is 4.99 Å². The fraction of sp³-hybridized carbons (Fsp3) is 0.200. The smallest absolute Gasteiger partial charge is 0.275 e. The minimum Gasteiger partial charge on any atom is -0.308 e. The van der Waals surface area contributed by atoms with Crippen molar-refractivity contribution < 1.29 is 4.79 Å². The zero-order valence-electron chi connectivity index (χ0n) is 13.7. The van der Waals surface area contributed by atoms with Crippen molar-refractivity contribution in [2.45, 2.75) is 27.2 Å². The van der Waals surface area contributed by atoms with Crippen LogP contribution in [-0.2, 0) is 11.2 Å². The molecule has 1 aliphatic heterocycles. The van der Waals surface area contributed by atoms with E-state index < -0.39 is 0 Å². The normalized spacial score (nSPS) is 15.7. The minimum absolute atomic E-state index is 0.129. The highest BCUT2D eigenvalue weighted by atomic mass is 16.2. The number of hydrogen-bond donors (Lipinski definition) is 1. The van der Waals surface area contributed by atoms with Gasteiger partial charge in [0, 0.05) is 6.42 Å². The first-order chi connectivity index (χ1) is 11.0. The van der Waals surface area contributed by atoms with E-state index in [1.54, 1.807) is 0 Å². The average Bonchev–Trinajstić information content (AvgIpc) is 2.83. The molecule has 0 saturated heterocycles. The van der Waals surface area contributed by atoms with Gasteiger partial charge in [0.1, 0.15) is 11.5 Å². The Labute approximate surface area is 136 Å². The van der Waals surface area contributed by atoms with Gasteiger partial charge in [-0.15, -0.1) is 0 Å². The first-order valence-electron chi connectivity index (χ1n) is 7.75. The Morgan fingerprint density at radius 1 is 1.04 bits per heavy atom. The summed E-state index contributed by atoms with van der Waals surface area (Å²) in [5, 5.41) is 2.87. The van der Waals surface area contributed by atoms with Gasteiger partial charge < -0.3 is 5.32 Å². The monoisotopic (exact) mass is 304 g/mol. The highest BCUT2D eigenvalue weighted by Gasteiger charge is 2.20. The van der Waals surface area contributed by atoms with Gasteiger partial charge in [0.05, 0.1) is 0 Å². The van der Waals surface area contributed by atoms with Crippen LogP contribution in [0.5, 0.6) is 0 Å². The van der Waals surface area contributed by atoms with E-state index in [1.165, 1.54) is 5.56 Å². The van der Waals surface area contributed by atoms with Gasteiger partial charge >= 0.3 is 0 Å².